The van der Waals surface area contributed by atoms with E-state index in [0.717, 1.165) is 25.7 Å². The molecular weight excluding hydrogens is 318 g/mol. The van der Waals surface area contributed by atoms with Crippen molar-refractivity contribution in [1.82, 2.24) is 14.7 Å². The van der Waals surface area contributed by atoms with Crippen LogP contribution in [-0.2, 0) is 4.79 Å². The number of amides is 4. The molecule has 0 spiro atoms. The molecule has 1 atom stereocenters. The van der Waals surface area contributed by atoms with E-state index < -0.39 is 6.04 Å². The van der Waals surface area contributed by atoms with Gasteiger partial charge in [0, 0.05) is 24.7 Å². The van der Waals surface area contributed by atoms with Crippen LogP contribution in [0.15, 0.2) is 30.3 Å². The van der Waals surface area contributed by atoms with Crippen molar-refractivity contribution in [1.29, 1.82) is 0 Å². The Morgan fingerprint density at radius 2 is 1.68 bits per heavy atom. The molecule has 1 saturated carbocycles. The molecule has 6 heteroatoms. The average Bonchev–Trinajstić information content (AvgIpc) is 2.92. The Bertz CT molecular complexity index is 684. The third kappa shape index (κ3) is 2.79. The number of imide groups is 1. The lowest BCUT2D eigenvalue weighted by Crippen LogP contribution is -2.54. The van der Waals surface area contributed by atoms with Gasteiger partial charge in [-0.2, -0.15) is 0 Å². The number of urea groups is 1. The number of hydrogen-bond donors (Lipinski definition) is 0. The summed E-state index contributed by atoms with van der Waals surface area (Å²) in [6, 6.07) is 8.46. The van der Waals surface area contributed by atoms with Gasteiger partial charge in [-0.3, -0.25) is 14.5 Å². The van der Waals surface area contributed by atoms with Crippen LogP contribution >= 0.6 is 0 Å². The van der Waals surface area contributed by atoms with Gasteiger partial charge in [-0.1, -0.05) is 37.5 Å². The standard InChI is InChI=1S/C19H23N3O3/c23-17(14-7-3-1-4-8-14)20-11-12-21-16(13-20)18(24)22(19(21)25)15-9-5-2-6-10-15/h1,3-4,7-8,15-16H,2,5-6,9-13H2/t16-/m0/s1. The zero-order chi connectivity index (χ0) is 17.4. The first-order valence-electron chi connectivity index (χ1n) is 9.15. The van der Waals surface area contributed by atoms with Gasteiger partial charge in [0.1, 0.15) is 6.04 Å². The van der Waals surface area contributed by atoms with Gasteiger partial charge in [0.2, 0.25) is 0 Å². The first kappa shape index (κ1) is 16.1. The maximum absolute atomic E-state index is 12.9. The molecule has 0 bridgehead atoms. The molecule has 4 rings (SSSR count). The number of piperazine rings is 1. The van der Waals surface area contributed by atoms with E-state index in [1.54, 1.807) is 21.9 Å². The van der Waals surface area contributed by atoms with E-state index >= 15 is 0 Å². The molecule has 2 heterocycles. The molecule has 1 aromatic rings. The quantitative estimate of drug-likeness (QED) is 0.774. The van der Waals surface area contributed by atoms with Crippen LogP contribution in [0.1, 0.15) is 42.5 Å². The van der Waals surface area contributed by atoms with Gasteiger partial charge in [-0.15, -0.1) is 0 Å². The Morgan fingerprint density at radius 1 is 0.960 bits per heavy atom. The molecule has 4 amide bonds. The average molecular weight is 341 g/mol. The number of hydrogen-bond acceptors (Lipinski definition) is 3. The van der Waals surface area contributed by atoms with E-state index in [0.29, 0.717) is 25.2 Å². The van der Waals surface area contributed by atoms with Gasteiger partial charge in [-0.05, 0) is 25.0 Å². The third-order valence-electron chi connectivity index (χ3n) is 5.60. The van der Waals surface area contributed by atoms with Crippen LogP contribution < -0.4 is 0 Å². The zero-order valence-corrected chi connectivity index (χ0v) is 14.3. The van der Waals surface area contributed by atoms with Crippen molar-refractivity contribution in [3.05, 3.63) is 35.9 Å². The topological polar surface area (TPSA) is 60.9 Å². The molecule has 1 aromatic carbocycles. The largest absolute Gasteiger partial charge is 0.334 e. The summed E-state index contributed by atoms with van der Waals surface area (Å²) in [5.74, 6) is -0.195. The monoisotopic (exact) mass is 341 g/mol. The fourth-order valence-electron chi connectivity index (χ4n) is 4.24. The molecule has 6 nitrogen and oxygen atoms in total. The van der Waals surface area contributed by atoms with Crippen molar-refractivity contribution < 1.29 is 14.4 Å². The minimum atomic E-state index is -0.518. The fourth-order valence-corrected chi connectivity index (χ4v) is 4.24. The Hall–Kier alpha value is -2.37. The van der Waals surface area contributed by atoms with Crippen molar-refractivity contribution in [3.8, 4) is 0 Å². The number of rotatable bonds is 2. The third-order valence-corrected chi connectivity index (χ3v) is 5.60. The second-order valence-electron chi connectivity index (χ2n) is 7.11. The summed E-state index contributed by atoms with van der Waals surface area (Å²) in [5, 5.41) is 0. The lowest BCUT2D eigenvalue weighted by atomic mass is 9.94. The smallest absolute Gasteiger partial charge is 0.327 e. The molecule has 25 heavy (non-hydrogen) atoms. The summed E-state index contributed by atoms with van der Waals surface area (Å²) in [7, 11) is 0. The van der Waals surface area contributed by atoms with Gasteiger partial charge in [-0.25, -0.2) is 4.79 Å². The van der Waals surface area contributed by atoms with E-state index in [2.05, 4.69) is 0 Å². The molecular formula is C19H23N3O3. The summed E-state index contributed by atoms with van der Waals surface area (Å²) < 4.78 is 0. The fraction of sp³-hybridized carbons (Fsp3) is 0.526. The Labute approximate surface area is 147 Å². The predicted molar refractivity (Wildman–Crippen MR) is 92.0 cm³/mol. The lowest BCUT2D eigenvalue weighted by molar-refractivity contribution is -0.131. The maximum atomic E-state index is 12.9. The van der Waals surface area contributed by atoms with E-state index in [-0.39, 0.29) is 23.9 Å². The van der Waals surface area contributed by atoms with Gasteiger partial charge < -0.3 is 9.80 Å². The van der Waals surface area contributed by atoms with E-state index in [1.165, 1.54) is 11.3 Å². The van der Waals surface area contributed by atoms with E-state index in [9.17, 15) is 14.4 Å². The Morgan fingerprint density at radius 3 is 2.40 bits per heavy atom. The van der Waals surface area contributed by atoms with E-state index in [4.69, 9.17) is 0 Å². The second kappa shape index (κ2) is 6.50. The highest BCUT2D eigenvalue weighted by Gasteiger charge is 2.50. The summed E-state index contributed by atoms with van der Waals surface area (Å²) in [4.78, 5) is 43.1. The van der Waals surface area contributed by atoms with Crippen LogP contribution in [0.4, 0.5) is 4.79 Å². The van der Waals surface area contributed by atoms with Gasteiger partial charge in [0.15, 0.2) is 0 Å². The minimum absolute atomic E-state index is 0.0395. The first-order valence-corrected chi connectivity index (χ1v) is 9.15. The molecule has 3 aliphatic rings. The van der Waals surface area contributed by atoms with Gasteiger partial charge in [0.25, 0.3) is 11.8 Å². The van der Waals surface area contributed by atoms with Crippen LogP contribution in [0.5, 0.6) is 0 Å². The highest BCUT2D eigenvalue weighted by Crippen LogP contribution is 2.30. The molecule has 1 aliphatic carbocycles. The number of fused-ring (bicyclic) bond motifs is 1. The minimum Gasteiger partial charge on any atom is -0.334 e. The van der Waals surface area contributed by atoms with Crippen molar-refractivity contribution in [2.75, 3.05) is 19.6 Å². The van der Waals surface area contributed by atoms with Crippen LogP contribution in [0.25, 0.3) is 0 Å². The summed E-state index contributed by atoms with van der Waals surface area (Å²) >= 11 is 0. The Balaban J connectivity index is 1.50. The number of benzene rings is 1. The highest BCUT2D eigenvalue weighted by molar-refractivity contribution is 6.05. The molecule has 132 valence electrons. The lowest BCUT2D eigenvalue weighted by Gasteiger charge is -2.35. The normalized spacial score (nSPS) is 24.6. The molecule has 0 radical (unpaired) electrons. The molecule has 0 N–H and O–H groups in total. The van der Waals surface area contributed by atoms with Crippen molar-refractivity contribution >= 4 is 17.8 Å². The van der Waals surface area contributed by atoms with Crippen LogP contribution in [-0.4, -0.2) is 64.3 Å². The SMILES string of the molecule is O=C(c1ccccc1)N1CCN2C(=O)N(C3CCCCC3)C(=O)[C@@H]2C1. The molecule has 3 fully saturated rings. The first-order chi connectivity index (χ1) is 12.2. The van der Waals surface area contributed by atoms with Crippen molar-refractivity contribution in [2.45, 2.75) is 44.2 Å². The highest BCUT2D eigenvalue weighted by atomic mass is 16.2. The van der Waals surface area contributed by atoms with Gasteiger partial charge >= 0.3 is 6.03 Å². The summed E-state index contributed by atoms with van der Waals surface area (Å²) in [5.41, 5.74) is 0.622. The second-order valence-corrected chi connectivity index (χ2v) is 7.11. The summed E-state index contributed by atoms with van der Waals surface area (Å²) in [6.45, 7) is 1.19. The van der Waals surface area contributed by atoms with Crippen molar-refractivity contribution in [2.24, 2.45) is 0 Å². The number of carbonyl (C=O) groups is 3. The van der Waals surface area contributed by atoms with Crippen LogP contribution in [0, 0.1) is 0 Å². The number of nitrogens with zero attached hydrogens (tertiary/aromatic N) is 3. The van der Waals surface area contributed by atoms with Crippen molar-refractivity contribution in [3.63, 3.8) is 0 Å². The Kier molecular flexibility index (Phi) is 4.19. The van der Waals surface area contributed by atoms with E-state index in [1.807, 2.05) is 18.2 Å². The molecule has 2 aliphatic heterocycles. The maximum Gasteiger partial charge on any atom is 0.327 e. The van der Waals surface area contributed by atoms with Crippen LogP contribution in [0.3, 0.4) is 0 Å². The molecule has 2 saturated heterocycles. The molecule has 0 unspecified atom stereocenters. The zero-order valence-electron chi connectivity index (χ0n) is 14.3. The molecule has 0 aromatic heterocycles. The summed E-state index contributed by atoms with van der Waals surface area (Å²) in [6.07, 6.45) is 5.14. The number of carbonyl (C=O) groups excluding carboxylic acids is 3. The van der Waals surface area contributed by atoms with Crippen LogP contribution in [0.2, 0.25) is 0 Å². The predicted octanol–water partition coefficient (Wildman–Crippen LogP) is 2.11. The van der Waals surface area contributed by atoms with Gasteiger partial charge in [0.05, 0.1) is 6.54 Å².